The molecule has 3 aromatic rings. The Hall–Kier alpha value is -2.54. The number of hydrogen-bond acceptors (Lipinski definition) is 5. The maximum absolute atomic E-state index is 13.1. The molecular formula is C22H23ClN4O2. The van der Waals surface area contributed by atoms with E-state index in [1.807, 2.05) is 54.6 Å². The fourth-order valence-electron chi connectivity index (χ4n) is 3.37. The van der Waals surface area contributed by atoms with Crippen molar-refractivity contribution < 1.29 is 4.74 Å². The molecule has 0 aliphatic carbocycles. The molecule has 0 spiro atoms. The number of hydrogen-bond donors (Lipinski definition) is 0. The second-order valence-corrected chi connectivity index (χ2v) is 7.41. The van der Waals surface area contributed by atoms with Crippen LogP contribution < -0.4 is 5.56 Å². The van der Waals surface area contributed by atoms with E-state index in [0.717, 1.165) is 44.0 Å². The molecule has 0 saturated carbocycles. The Balaban J connectivity index is 1.67. The molecule has 0 N–H and O–H groups in total. The fourth-order valence-corrected chi connectivity index (χ4v) is 3.57. The standard InChI is InChI=1S/C22H23ClN4O2/c23-19-9-5-4-8-18(19)16-20-22(28)27(11-10-26-12-14-29-15-13-26)25-21(24-20)17-6-2-1-3-7-17/h1-9H,10-16H2. The Bertz CT molecular complexity index is 1020. The molecule has 2 heterocycles. The fraction of sp³-hybridized carbons (Fsp3) is 0.318. The smallest absolute Gasteiger partial charge is 0.288 e. The molecule has 2 aromatic carbocycles. The molecule has 29 heavy (non-hydrogen) atoms. The van der Waals surface area contributed by atoms with E-state index in [1.165, 1.54) is 4.68 Å². The van der Waals surface area contributed by atoms with Crippen molar-refractivity contribution in [3.63, 3.8) is 0 Å². The highest BCUT2D eigenvalue weighted by molar-refractivity contribution is 6.31. The third-order valence-corrected chi connectivity index (χ3v) is 5.39. The maximum atomic E-state index is 13.1. The van der Waals surface area contributed by atoms with Crippen LogP contribution in [0.5, 0.6) is 0 Å². The topological polar surface area (TPSA) is 60.2 Å². The minimum absolute atomic E-state index is 0.169. The molecule has 150 valence electrons. The molecule has 1 aliphatic rings. The van der Waals surface area contributed by atoms with Crippen LogP contribution in [0.3, 0.4) is 0 Å². The SMILES string of the molecule is O=c1c(Cc2ccccc2Cl)nc(-c2ccccc2)nn1CCN1CCOCC1. The third-order valence-electron chi connectivity index (χ3n) is 5.02. The van der Waals surface area contributed by atoms with E-state index in [4.69, 9.17) is 16.3 Å². The van der Waals surface area contributed by atoms with Gasteiger partial charge in [0.2, 0.25) is 0 Å². The second kappa shape index (κ2) is 9.31. The quantitative estimate of drug-likeness (QED) is 0.625. The largest absolute Gasteiger partial charge is 0.379 e. The molecule has 0 bridgehead atoms. The van der Waals surface area contributed by atoms with Crippen molar-refractivity contribution in [3.8, 4) is 11.4 Å². The minimum Gasteiger partial charge on any atom is -0.379 e. The van der Waals surface area contributed by atoms with Gasteiger partial charge >= 0.3 is 0 Å². The number of halogens is 1. The van der Waals surface area contributed by atoms with E-state index in [2.05, 4.69) is 15.0 Å². The van der Waals surface area contributed by atoms with Crippen LogP contribution in [-0.2, 0) is 17.7 Å². The molecule has 0 amide bonds. The van der Waals surface area contributed by atoms with Gasteiger partial charge < -0.3 is 4.74 Å². The van der Waals surface area contributed by atoms with Gasteiger partial charge in [0.15, 0.2) is 5.82 Å². The van der Waals surface area contributed by atoms with Crippen molar-refractivity contribution in [2.24, 2.45) is 0 Å². The number of nitrogens with zero attached hydrogens (tertiary/aromatic N) is 4. The first-order chi connectivity index (χ1) is 14.2. The van der Waals surface area contributed by atoms with Crippen LogP contribution in [0.25, 0.3) is 11.4 Å². The highest BCUT2D eigenvalue weighted by Crippen LogP contribution is 2.18. The van der Waals surface area contributed by atoms with Crippen molar-refractivity contribution in [2.75, 3.05) is 32.8 Å². The Labute approximate surface area is 174 Å². The van der Waals surface area contributed by atoms with E-state index in [0.29, 0.717) is 29.5 Å². The highest BCUT2D eigenvalue weighted by atomic mass is 35.5. The van der Waals surface area contributed by atoms with E-state index < -0.39 is 0 Å². The predicted octanol–water partition coefficient (Wildman–Crippen LogP) is 2.88. The number of ether oxygens (including phenoxy) is 1. The van der Waals surface area contributed by atoms with Gasteiger partial charge in [-0.25, -0.2) is 9.67 Å². The first kappa shape index (κ1) is 19.8. The first-order valence-corrected chi connectivity index (χ1v) is 10.2. The van der Waals surface area contributed by atoms with Gasteiger partial charge in [-0.3, -0.25) is 9.69 Å². The Kier molecular flexibility index (Phi) is 6.34. The van der Waals surface area contributed by atoms with Gasteiger partial charge in [-0.1, -0.05) is 60.1 Å². The average molecular weight is 411 g/mol. The van der Waals surface area contributed by atoms with Crippen LogP contribution in [0.4, 0.5) is 0 Å². The van der Waals surface area contributed by atoms with Gasteiger partial charge in [0.1, 0.15) is 5.69 Å². The molecule has 4 rings (SSSR count). The van der Waals surface area contributed by atoms with E-state index in [-0.39, 0.29) is 5.56 Å². The number of aromatic nitrogens is 3. The summed E-state index contributed by atoms with van der Waals surface area (Å²) >= 11 is 6.32. The van der Waals surface area contributed by atoms with Gasteiger partial charge in [0, 0.05) is 36.6 Å². The molecule has 1 aliphatic heterocycles. The van der Waals surface area contributed by atoms with E-state index >= 15 is 0 Å². The summed E-state index contributed by atoms with van der Waals surface area (Å²) in [5.41, 5.74) is 2.04. The number of morpholine rings is 1. The van der Waals surface area contributed by atoms with Crippen molar-refractivity contribution in [3.05, 3.63) is 81.2 Å². The van der Waals surface area contributed by atoms with Gasteiger partial charge in [0.25, 0.3) is 5.56 Å². The number of benzene rings is 2. The van der Waals surface area contributed by atoms with Crippen molar-refractivity contribution in [2.45, 2.75) is 13.0 Å². The average Bonchev–Trinajstić information content (AvgIpc) is 2.77. The summed E-state index contributed by atoms with van der Waals surface area (Å²) in [5.74, 6) is 0.550. The van der Waals surface area contributed by atoms with E-state index in [1.54, 1.807) is 0 Å². The molecule has 1 saturated heterocycles. The van der Waals surface area contributed by atoms with Gasteiger partial charge in [-0.05, 0) is 11.6 Å². The molecular weight excluding hydrogens is 388 g/mol. The lowest BCUT2D eigenvalue weighted by atomic mass is 10.1. The van der Waals surface area contributed by atoms with Gasteiger partial charge in [-0.2, -0.15) is 0 Å². The molecule has 7 heteroatoms. The van der Waals surface area contributed by atoms with E-state index in [9.17, 15) is 4.79 Å². The summed E-state index contributed by atoms with van der Waals surface area (Å²) in [6.07, 6.45) is 0.373. The zero-order chi connectivity index (χ0) is 20.1. The lowest BCUT2D eigenvalue weighted by Gasteiger charge is -2.26. The zero-order valence-electron chi connectivity index (χ0n) is 16.1. The van der Waals surface area contributed by atoms with Gasteiger partial charge in [0.05, 0.1) is 19.8 Å². The first-order valence-electron chi connectivity index (χ1n) is 9.77. The summed E-state index contributed by atoms with van der Waals surface area (Å²) in [5, 5.41) is 5.18. The molecule has 1 fully saturated rings. The normalized spacial score (nSPS) is 14.8. The Morgan fingerprint density at radius 1 is 0.966 bits per heavy atom. The summed E-state index contributed by atoms with van der Waals surface area (Å²) in [7, 11) is 0. The highest BCUT2D eigenvalue weighted by Gasteiger charge is 2.16. The summed E-state index contributed by atoms with van der Waals surface area (Å²) < 4.78 is 6.94. The second-order valence-electron chi connectivity index (χ2n) is 7.00. The predicted molar refractivity (Wildman–Crippen MR) is 113 cm³/mol. The minimum atomic E-state index is -0.169. The molecule has 0 radical (unpaired) electrons. The van der Waals surface area contributed by atoms with Crippen molar-refractivity contribution >= 4 is 11.6 Å². The van der Waals surface area contributed by atoms with Crippen LogP contribution >= 0.6 is 11.6 Å². The molecule has 0 unspecified atom stereocenters. The zero-order valence-corrected chi connectivity index (χ0v) is 16.9. The van der Waals surface area contributed by atoms with Crippen molar-refractivity contribution in [1.82, 2.24) is 19.7 Å². The molecule has 1 aromatic heterocycles. The summed E-state index contributed by atoms with van der Waals surface area (Å²) in [6, 6.07) is 17.3. The van der Waals surface area contributed by atoms with Crippen molar-refractivity contribution in [1.29, 1.82) is 0 Å². The Morgan fingerprint density at radius 2 is 1.69 bits per heavy atom. The van der Waals surface area contributed by atoms with Gasteiger partial charge in [-0.15, -0.1) is 5.10 Å². The van der Waals surface area contributed by atoms with Crippen LogP contribution in [0.1, 0.15) is 11.3 Å². The monoisotopic (exact) mass is 410 g/mol. The van der Waals surface area contributed by atoms with Crippen LogP contribution in [0.2, 0.25) is 5.02 Å². The van der Waals surface area contributed by atoms with Crippen LogP contribution in [0, 0.1) is 0 Å². The molecule has 6 nitrogen and oxygen atoms in total. The molecule has 0 atom stereocenters. The van der Waals surface area contributed by atoms with Crippen LogP contribution in [-0.4, -0.2) is 52.5 Å². The number of rotatable bonds is 6. The Morgan fingerprint density at radius 3 is 2.45 bits per heavy atom. The lowest BCUT2D eigenvalue weighted by Crippen LogP contribution is -2.40. The summed E-state index contributed by atoms with van der Waals surface area (Å²) in [6.45, 7) is 4.46. The lowest BCUT2D eigenvalue weighted by molar-refractivity contribution is 0.0357. The summed E-state index contributed by atoms with van der Waals surface area (Å²) in [4.78, 5) is 20.0. The maximum Gasteiger partial charge on any atom is 0.288 e. The third kappa shape index (κ3) is 4.90. The van der Waals surface area contributed by atoms with Crippen LogP contribution in [0.15, 0.2) is 59.4 Å².